The summed E-state index contributed by atoms with van der Waals surface area (Å²) in [4.78, 5) is 23.8. The first-order valence-corrected chi connectivity index (χ1v) is 9.55. The van der Waals surface area contributed by atoms with Crippen molar-refractivity contribution in [3.05, 3.63) is 77.1 Å². The lowest BCUT2D eigenvalue weighted by molar-refractivity contribution is -0.111. The number of carbonyl (C=O) groups excluding carboxylic acids is 2. The van der Waals surface area contributed by atoms with Gasteiger partial charge in [0.25, 0.3) is 5.91 Å². The van der Waals surface area contributed by atoms with Crippen LogP contribution in [0, 0.1) is 6.92 Å². The molecule has 0 aliphatic carbocycles. The molecule has 0 aliphatic rings. The summed E-state index contributed by atoms with van der Waals surface area (Å²) in [5, 5.41) is 6.55. The van der Waals surface area contributed by atoms with E-state index in [9.17, 15) is 9.59 Å². The Morgan fingerprint density at radius 3 is 2.68 bits per heavy atom. The van der Waals surface area contributed by atoms with Gasteiger partial charge in [-0.2, -0.15) is 5.10 Å². The number of nitrogens with one attached hydrogen (secondary N) is 1. The largest absolute Gasteiger partial charge is 0.496 e. The number of amides is 2. The summed E-state index contributed by atoms with van der Waals surface area (Å²) in [7, 11) is 3.17. The number of aromatic nitrogens is 2. The standard InChI is InChI=1S/C23H24N4O4/c1-15-6-4-5-7-19(15)31-14-17-12-16(8-10-20(17)30-3)9-11-21(28)26-18-13-25-27(2)22(18)23(24)29/h4-13H,14H2,1-3H3,(H2,24,29)(H,26,28)/b11-9+. The second-order valence-electron chi connectivity index (χ2n) is 6.84. The number of carbonyl (C=O) groups is 2. The molecule has 3 rings (SSSR count). The van der Waals surface area contributed by atoms with Gasteiger partial charge in [-0.15, -0.1) is 0 Å². The Morgan fingerprint density at radius 2 is 1.97 bits per heavy atom. The number of aryl methyl sites for hydroxylation is 2. The third kappa shape index (κ3) is 5.30. The van der Waals surface area contributed by atoms with Crippen LogP contribution >= 0.6 is 0 Å². The molecule has 3 N–H and O–H groups in total. The zero-order valence-electron chi connectivity index (χ0n) is 17.6. The predicted octanol–water partition coefficient (Wildman–Crippen LogP) is 3.07. The van der Waals surface area contributed by atoms with Crippen LogP contribution in [-0.4, -0.2) is 28.7 Å². The predicted molar refractivity (Wildman–Crippen MR) is 118 cm³/mol. The van der Waals surface area contributed by atoms with E-state index in [1.165, 1.54) is 17.0 Å². The number of para-hydroxylation sites is 1. The number of anilines is 1. The highest BCUT2D eigenvalue weighted by molar-refractivity contribution is 6.06. The van der Waals surface area contributed by atoms with Gasteiger partial charge in [0.1, 0.15) is 23.8 Å². The van der Waals surface area contributed by atoms with Gasteiger partial charge in [-0.1, -0.05) is 24.3 Å². The zero-order chi connectivity index (χ0) is 22.4. The van der Waals surface area contributed by atoms with Gasteiger partial charge in [-0.3, -0.25) is 14.3 Å². The first-order chi connectivity index (χ1) is 14.9. The molecule has 1 heterocycles. The maximum atomic E-state index is 12.3. The van der Waals surface area contributed by atoms with E-state index < -0.39 is 11.8 Å². The molecule has 8 heteroatoms. The Balaban J connectivity index is 1.72. The number of rotatable bonds is 8. The molecule has 0 bridgehead atoms. The van der Waals surface area contributed by atoms with Gasteiger partial charge in [-0.25, -0.2) is 0 Å². The fourth-order valence-corrected chi connectivity index (χ4v) is 3.06. The number of methoxy groups -OCH3 is 1. The summed E-state index contributed by atoms with van der Waals surface area (Å²) < 4.78 is 12.7. The number of ether oxygens (including phenoxy) is 2. The Hall–Kier alpha value is -4.07. The summed E-state index contributed by atoms with van der Waals surface area (Å²) in [6.45, 7) is 2.30. The van der Waals surface area contributed by atoms with E-state index in [-0.39, 0.29) is 11.4 Å². The van der Waals surface area contributed by atoms with Crippen molar-refractivity contribution in [1.82, 2.24) is 9.78 Å². The van der Waals surface area contributed by atoms with Crippen molar-refractivity contribution < 1.29 is 19.1 Å². The third-order valence-electron chi connectivity index (χ3n) is 4.64. The van der Waals surface area contributed by atoms with Gasteiger partial charge < -0.3 is 20.5 Å². The lowest BCUT2D eigenvalue weighted by atomic mass is 10.1. The summed E-state index contributed by atoms with van der Waals surface area (Å²) in [5.41, 5.74) is 8.39. The molecular formula is C23H24N4O4. The molecular weight excluding hydrogens is 396 g/mol. The molecule has 3 aromatic rings. The third-order valence-corrected chi connectivity index (χ3v) is 4.64. The van der Waals surface area contributed by atoms with Gasteiger partial charge in [0, 0.05) is 18.7 Å². The highest BCUT2D eigenvalue weighted by Crippen LogP contribution is 2.24. The van der Waals surface area contributed by atoms with Crippen molar-refractivity contribution in [1.29, 1.82) is 0 Å². The molecule has 1 aromatic heterocycles. The van der Waals surface area contributed by atoms with Crippen molar-refractivity contribution in [2.24, 2.45) is 12.8 Å². The van der Waals surface area contributed by atoms with Gasteiger partial charge in [0.2, 0.25) is 5.91 Å². The van der Waals surface area contributed by atoms with Crippen LogP contribution in [0.2, 0.25) is 0 Å². The Morgan fingerprint density at radius 1 is 1.19 bits per heavy atom. The van der Waals surface area contributed by atoms with Crippen LogP contribution in [-0.2, 0) is 18.4 Å². The van der Waals surface area contributed by atoms with Crippen molar-refractivity contribution >= 4 is 23.6 Å². The maximum absolute atomic E-state index is 12.3. The van der Waals surface area contributed by atoms with Crippen molar-refractivity contribution in [2.45, 2.75) is 13.5 Å². The highest BCUT2D eigenvalue weighted by atomic mass is 16.5. The van der Waals surface area contributed by atoms with E-state index >= 15 is 0 Å². The Labute approximate surface area is 180 Å². The molecule has 2 amide bonds. The first kappa shape index (κ1) is 21.6. The van der Waals surface area contributed by atoms with E-state index in [0.717, 1.165) is 22.4 Å². The SMILES string of the molecule is COc1ccc(/C=C/C(=O)Nc2cnn(C)c2C(N)=O)cc1COc1ccccc1C. The zero-order valence-corrected chi connectivity index (χ0v) is 17.6. The Bertz CT molecular complexity index is 1130. The average Bonchev–Trinajstić information content (AvgIpc) is 3.11. The molecule has 0 unspecified atom stereocenters. The molecule has 31 heavy (non-hydrogen) atoms. The van der Waals surface area contributed by atoms with E-state index in [2.05, 4.69) is 10.4 Å². The minimum Gasteiger partial charge on any atom is -0.496 e. The maximum Gasteiger partial charge on any atom is 0.269 e. The average molecular weight is 420 g/mol. The molecule has 0 saturated carbocycles. The summed E-state index contributed by atoms with van der Waals surface area (Å²) in [6.07, 6.45) is 4.40. The molecule has 0 aliphatic heterocycles. The van der Waals surface area contributed by atoms with Crippen LogP contribution in [0.1, 0.15) is 27.2 Å². The van der Waals surface area contributed by atoms with Crippen LogP contribution in [0.15, 0.2) is 54.7 Å². The second-order valence-corrected chi connectivity index (χ2v) is 6.84. The van der Waals surface area contributed by atoms with Crippen molar-refractivity contribution in [3.63, 3.8) is 0 Å². The smallest absolute Gasteiger partial charge is 0.269 e. The normalized spacial score (nSPS) is 10.8. The van der Waals surface area contributed by atoms with Gasteiger partial charge >= 0.3 is 0 Å². The topological polar surface area (TPSA) is 108 Å². The monoisotopic (exact) mass is 420 g/mol. The molecule has 160 valence electrons. The first-order valence-electron chi connectivity index (χ1n) is 9.55. The number of hydrogen-bond acceptors (Lipinski definition) is 5. The summed E-state index contributed by atoms with van der Waals surface area (Å²) in [5.74, 6) is 0.403. The molecule has 2 aromatic carbocycles. The van der Waals surface area contributed by atoms with Crippen LogP contribution in [0.25, 0.3) is 6.08 Å². The minimum atomic E-state index is -0.673. The Kier molecular flexibility index (Phi) is 6.71. The highest BCUT2D eigenvalue weighted by Gasteiger charge is 2.15. The summed E-state index contributed by atoms with van der Waals surface area (Å²) >= 11 is 0. The number of nitrogens with two attached hydrogens (primary N) is 1. The van der Waals surface area contributed by atoms with Gasteiger partial charge in [0.15, 0.2) is 0 Å². The van der Waals surface area contributed by atoms with Crippen LogP contribution in [0.5, 0.6) is 11.5 Å². The van der Waals surface area contributed by atoms with Crippen LogP contribution < -0.4 is 20.5 Å². The van der Waals surface area contributed by atoms with Crippen molar-refractivity contribution in [2.75, 3.05) is 12.4 Å². The van der Waals surface area contributed by atoms with Crippen LogP contribution in [0.3, 0.4) is 0 Å². The van der Waals surface area contributed by atoms with E-state index in [0.29, 0.717) is 12.4 Å². The fraction of sp³-hybridized carbons (Fsp3) is 0.174. The quantitative estimate of drug-likeness (QED) is 0.545. The van der Waals surface area contributed by atoms with Gasteiger partial charge in [0.05, 0.1) is 19.0 Å². The molecule has 0 spiro atoms. The van der Waals surface area contributed by atoms with E-state index in [4.69, 9.17) is 15.2 Å². The van der Waals surface area contributed by atoms with Gasteiger partial charge in [-0.05, 0) is 42.3 Å². The lowest BCUT2D eigenvalue weighted by Crippen LogP contribution is -2.19. The van der Waals surface area contributed by atoms with Crippen molar-refractivity contribution in [3.8, 4) is 11.5 Å². The molecule has 0 saturated heterocycles. The number of hydrogen-bond donors (Lipinski definition) is 2. The molecule has 0 fully saturated rings. The second kappa shape index (κ2) is 9.62. The molecule has 0 atom stereocenters. The fourth-order valence-electron chi connectivity index (χ4n) is 3.06. The molecule has 8 nitrogen and oxygen atoms in total. The van der Waals surface area contributed by atoms with E-state index in [1.54, 1.807) is 20.2 Å². The number of benzene rings is 2. The lowest BCUT2D eigenvalue weighted by Gasteiger charge is -2.12. The number of primary amides is 1. The minimum absolute atomic E-state index is 0.127. The summed E-state index contributed by atoms with van der Waals surface area (Å²) in [6, 6.07) is 13.3. The number of nitrogens with zero attached hydrogens (tertiary/aromatic N) is 2. The van der Waals surface area contributed by atoms with Crippen LogP contribution in [0.4, 0.5) is 5.69 Å². The molecule has 0 radical (unpaired) electrons. The van der Waals surface area contributed by atoms with E-state index in [1.807, 2.05) is 49.4 Å².